The molecule has 0 saturated heterocycles. The fourth-order valence-corrected chi connectivity index (χ4v) is 4.54. The summed E-state index contributed by atoms with van der Waals surface area (Å²) in [6.45, 7) is 1.39. The lowest BCUT2D eigenvalue weighted by molar-refractivity contribution is -0.120. The molecule has 0 saturated carbocycles. The summed E-state index contributed by atoms with van der Waals surface area (Å²) in [6, 6.07) is 17.8. The smallest absolute Gasteiger partial charge is 0.221 e. The quantitative estimate of drug-likeness (QED) is 0.810. The van der Waals surface area contributed by atoms with Crippen molar-refractivity contribution in [3.63, 3.8) is 0 Å². The van der Waals surface area contributed by atoms with Gasteiger partial charge in [-0.25, -0.2) is 8.42 Å². The van der Waals surface area contributed by atoms with E-state index in [1.807, 2.05) is 54.6 Å². The number of carbonyl (C=O) groups is 1. The van der Waals surface area contributed by atoms with Crippen LogP contribution in [0.5, 0.6) is 0 Å². The van der Waals surface area contributed by atoms with E-state index in [1.165, 1.54) is 9.87 Å². The van der Waals surface area contributed by atoms with Gasteiger partial charge in [0.2, 0.25) is 15.9 Å². The molecule has 0 unspecified atom stereocenters. The van der Waals surface area contributed by atoms with Crippen molar-refractivity contribution in [2.75, 3.05) is 18.8 Å². The van der Waals surface area contributed by atoms with E-state index in [2.05, 4.69) is 5.32 Å². The van der Waals surface area contributed by atoms with E-state index in [1.54, 1.807) is 0 Å². The van der Waals surface area contributed by atoms with Gasteiger partial charge in [-0.2, -0.15) is 4.31 Å². The maximum Gasteiger partial charge on any atom is 0.221 e. The highest BCUT2D eigenvalue weighted by atomic mass is 32.2. The van der Waals surface area contributed by atoms with Crippen LogP contribution in [0.15, 0.2) is 54.6 Å². The number of amides is 1. The van der Waals surface area contributed by atoms with Gasteiger partial charge in [0.1, 0.15) is 0 Å². The van der Waals surface area contributed by atoms with Gasteiger partial charge in [-0.3, -0.25) is 4.79 Å². The summed E-state index contributed by atoms with van der Waals surface area (Å²) in [5.41, 5.74) is 3.40. The number of nitrogens with zero attached hydrogens (tertiary/aromatic N) is 1. The topological polar surface area (TPSA) is 66.5 Å². The lowest BCUT2D eigenvalue weighted by atomic mass is 10.0. The highest BCUT2D eigenvalue weighted by Crippen LogP contribution is 2.21. The van der Waals surface area contributed by atoms with Gasteiger partial charge in [-0.05, 0) is 29.5 Å². The van der Waals surface area contributed by atoms with Gasteiger partial charge in [0.25, 0.3) is 0 Å². The van der Waals surface area contributed by atoms with Crippen LogP contribution in [0.3, 0.4) is 0 Å². The Balaban J connectivity index is 1.45. The Hall–Kier alpha value is -2.18. The Kier molecular flexibility index (Phi) is 6.06. The van der Waals surface area contributed by atoms with Crippen molar-refractivity contribution in [3.05, 3.63) is 71.3 Å². The Morgan fingerprint density at radius 1 is 1.00 bits per heavy atom. The Bertz CT molecular complexity index is 850. The standard InChI is InChI=1S/C20H24N2O3S/c23-20(21-13-10-17-6-2-1-3-7-17)12-15-26(24,25)22-14-11-18-8-4-5-9-19(18)16-22/h1-9H,10-16H2,(H,21,23). The molecule has 2 aromatic carbocycles. The third-order valence-corrected chi connectivity index (χ3v) is 6.47. The maximum atomic E-state index is 12.5. The van der Waals surface area contributed by atoms with Gasteiger partial charge < -0.3 is 5.32 Å². The lowest BCUT2D eigenvalue weighted by Crippen LogP contribution is -2.38. The highest BCUT2D eigenvalue weighted by molar-refractivity contribution is 7.89. The SMILES string of the molecule is O=C(CCS(=O)(=O)N1CCc2ccccc2C1)NCCc1ccccc1. The van der Waals surface area contributed by atoms with Crippen LogP contribution in [0, 0.1) is 0 Å². The van der Waals surface area contributed by atoms with Crippen LogP contribution in [0.2, 0.25) is 0 Å². The monoisotopic (exact) mass is 372 g/mol. The van der Waals surface area contributed by atoms with E-state index in [0.717, 1.165) is 24.0 Å². The second kappa shape index (κ2) is 8.47. The zero-order chi connectivity index (χ0) is 18.4. The summed E-state index contributed by atoms with van der Waals surface area (Å²) < 4.78 is 26.6. The highest BCUT2D eigenvalue weighted by Gasteiger charge is 2.26. The van der Waals surface area contributed by atoms with Crippen LogP contribution >= 0.6 is 0 Å². The Morgan fingerprint density at radius 3 is 2.46 bits per heavy atom. The van der Waals surface area contributed by atoms with Crippen LogP contribution < -0.4 is 5.32 Å². The average Bonchev–Trinajstić information content (AvgIpc) is 2.67. The zero-order valence-electron chi connectivity index (χ0n) is 14.7. The van der Waals surface area contributed by atoms with Crippen molar-refractivity contribution in [1.82, 2.24) is 9.62 Å². The summed E-state index contributed by atoms with van der Waals surface area (Å²) in [6.07, 6.45) is 1.45. The molecule has 0 fully saturated rings. The zero-order valence-corrected chi connectivity index (χ0v) is 15.5. The summed E-state index contributed by atoms with van der Waals surface area (Å²) >= 11 is 0. The number of sulfonamides is 1. The number of fused-ring (bicyclic) bond motifs is 1. The molecule has 0 radical (unpaired) electrons. The molecule has 6 heteroatoms. The second-order valence-electron chi connectivity index (χ2n) is 6.50. The number of rotatable bonds is 7. The predicted molar refractivity (Wildman–Crippen MR) is 102 cm³/mol. The molecule has 1 heterocycles. The van der Waals surface area contributed by atoms with Crippen LogP contribution in [0.1, 0.15) is 23.1 Å². The van der Waals surface area contributed by atoms with Crippen LogP contribution in [0.4, 0.5) is 0 Å². The minimum absolute atomic E-state index is 0.00469. The summed E-state index contributed by atoms with van der Waals surface area (Å²) in [5, 5.41) is 2.80. The molecule has 5 nitrogen and oxygen atoms in total. The van der Waals surface area contributed by atoms with E-state index < -0.39 is 10.0 Å². The van der Waals surface area contributed by atoms with Crippen molar-refractivity contribution < 1.29 is 13.2 Å². The second-order valence-corrected chi connectivity index (χ2v) is 8.59. The van der Waals surface area contributed by atoms with Gasteiger partial charge in [-0.15, -0.1) is 0 Å². The molecule has 138 valence electrons. The molecular weight excluding hydrogens is 348 g/mol. The van der Waals surface area contributed by atoms with Crippen LogP contribution in [0.25, 0.3) is 0 Å². The number of hydrogen-bond donors (Lipinski definition) is 1. The maximum absolute atomic E-state index is 12.5. The van der Waals surface area contributed by atoms with E-state index >= 15 is 0 Å². The summed E-state index contributed by atoms with van der Waals surface area (Å²) in [7, 11) is -3.43. The Morgan fingerprint density at radius 2 is 1.69 bits per heavy atom. The number of carbonyl (C=O) groups excluding carboxylic acids is 1. The molecule has 1 amide bonds. The molecule has 0 bridgehead atoms. The van der Waals surface area contributed by atoms with E-state index in [-0.39, 0.29) is 18.1 Å². The van der Waals surface area contributed by atoms with Crippen molar-refractivity contribution in [2.24, 2.45) is 0 Å². The Labute approximate surface area is 155 Å². The first-order chi connectivity index (χ1) is 12.5. The fourth-order valence-electron chi connectivity index (χ4n) is 3.14. The lowest BCUT2D eigenvalue weighted by Gasteiger charge is -2.28. The van der Waals surface area contributed by atoms with Crippen LogP contribution in [-0.4, -0.2) is 37.5 Å². The normalized spacial score (nSPS) is 14.6. The third-order valence-electron chi connectivity index (χ3n) is 4.65. The largest absolute Gasteiger partial charge is 0.356 e. The molecule has 2 aromatic rings. The molecule has 0 spiro atoms. The molecule has 0 atom stereocenters. The van der Waals surface area contributed by atoms with E-state index in [0.29, 0.717) is 19.6 Å². The molecule has 0 aromatic heterocycles. The fraction of sp³-hybridized carbons (Fsp3) is 0.350. The first-order valence-electron chi connectivity index (χ1n) is 8.90. The summed E-state index contributed by atoms with van der Waals surface area (Å²) in [4.78, 5) is 12.0. The minimum atomic E-state index is -3.43. The first kappa shape index (κ1) is 18.6. The average molecular weight is 372 g/mol. The van der Waals surface area contributed by atoms with Crippen molar-refractivity contribution in [1.29, 1.82) is 0 Å². The molecule has 3 rings (SSSR count). The number of nitrogens with one attached hydrogen (secondary N) is 1. The van der Waals surface area contributed by atoms with Crippen molar-refractivity contribution >= 4 is 15.9 Å². The summed E-state index contributed by atoms with van der Waals surface area (Å²) in [5.74, 6) is -0.367. The van der Waals surface area contributed by atoms with Gasteiger partial charge in [0.05, 0.1) is 5.75 Å². The third kappa shape index (κ3) is 4.93. The van der Waals surface area contributed by atoms with Crippen LogP contribution in [-0.2, 0) is 34.2 Å². The molecule has 1 N–H and O–H groups in total. The molecule has 0 aliphatic carbocycles. The van der Waals surface area contributed by atoms with Gasteiger partial charge in [0, 0.05) is 26.1 Å². The molecule has 1 aliphatic rings. The minimum Gasteiger partial charge on any atom is -0.356 e. The van der Waals surface area contributed by atoms with Gasteiger partial charge >= 0.3 is 0 Å². The molecule has 1 aliphatic heterocycles. The number of benzene rings is 2. The van der Waals surface area contributed by atoms with Crippen molar-refractivity contribution in [3.8, 4) is 0 Å². The molecule has 26 heavy (non-hydrogen) atoms. The number of hydrogen-bond acceptors (Lipinski definition) is 3. The first-order valence-corrected chi connectivity index (χ1v) is 10.5. The van der Waals surface area contributed by atoms with Gasteiger partial charge in [-0.1, -0.05) is 54.6 Å². The molecular formula is C20H24N2O3S. The van der Waals surface area contributed by atoms with E-state index in [9.17, 15) is 13.2 Å². The van der Waals surface area contributed by atoms with E-state index in [4.69, 9.17) is 0 Å². The van der Waals surface area contributed by atoms with Crippen molar-refractivity contribution in [2.45, 2.75) is 25.8 Å². The predicted octanol–water partition coefficient (Wildman–Crippen LogP) is 2.12. The van der Waals surface area contributed by atoms with Gasteiger partial charge in [0.15, 0.2) is 0 Å².